The zero-order chi connectivity index (χ0) is 94.7. The van der Waals surface area contributed by atoms with E-state index >= 15 is 0 Å². The van der Waals surface area contributed by atoms with Gasteiger partial charge in [-0.3, -0.25) is 0 Å². The van der Waals surface area contributed by atoms with Crippen LogP contribution in [0.15, 0.2) is 164 Å². The van der Waals surface area contributed by atoms with Crippen LogP contribution in [0.4, 0.5) is 34.1 Å². The molecule has 0 saturated carbocycles. The maximum Gasteiger partial charge on any atom is 0.0622 e. The van der Waals surface area contributed by atoms with Crippen LogP contribution in [0.2, 0.25) is 0 Å². The zero-order valence-corrected chi connectivity index (χ0v) is 88.0. The molecule has 0 saturated heterocycles. The van der Waals surface area contributed by atoms with E-state index in [1.165, 1.54) is 117 Å². The summed E-state index contributed by atoms with van der Waals surface area (Å²) in [7, 11) is 0. The Hall–Kier alpha value is -8.16. The van der Waals surface area contributed by atoms with Crippen molar-refractivity contribution in [1.29, 1.82) is 0 Å². The molecule has 0 amide bonds. The van der Waals surface area contributed by atoms with E-state index in [0.29, 0.717) is 0 Å². The van der Waals surface area contributed by atoms with Gasteiger partial charge in [-0.15, -0.1) is 0 Å². The van der Waals surface area contributed by atoms with E-state index in [2.05, 4.69) is 215 Å². The lowest BCUT2D eigenvalue weighted by atomic mass is 9.87. The Morgan fingerprint density at radius 3 is 0.762 bits per heavy atom. The van der Waals surface area contributed by atoms with Crippen molar-refractivity contribution in [3.63, 3.8) is 0 Å². The van der Waals surface area contributed by atoms with Crippen molar-refractivity contribution < 1.29 is 0 Å². The van der Waals surface area contributed by atoms with Crippen LogP contribution in [0.25, 0.3) is 27.5 Å². The minimum absolute atomic E-state index is 0. The van der Waals surface area contributed by atoms with Crippen molar-refractivity contribution in [2.75, 3.05) is 9.80 Å². The first-order chi connectivity index (χ1) is 57.8. The van der Waals surface area contributed by atoms with Gasteiger partial charge in [-0.25, -0.2) is 0 Å². The highest BCUT2D eigenvalue weighted by atomic mass is 15.2. The number of benzene rings is 6. The van der Waals surface area contributed by atoms with Gasteiger partial charge >= 0.3 is 0 Å². The molecule has 0 fully saturated rings. The number of aromatic nitrogens is 1. The van der Waals surface area contributed by atoms with Crippen LogP contribution in [0, 0.1) is 36.4 Å². The van der Waals surface area contributed by atoms with E-state index in [4.69, 9.17) is 0 Å². The van der Waals surface area contributed by atoms with Crippen LogP contribution in [-0.4, -0.2) is 4.57 Å². The summed E-state index contributed by atoms with van der Waals surface area (Å²) in [4.78, 5) is 4.82. The minimum atomic E-state index is 0. The fourth-order valence-electron chi connectivity index (χ4n) is 10.7. The molecular formula is C127H255N3. The second kappa shape index (κ2) is 167. The first-order valence-electron chi connectivity index (χ1n) is 48.5. The Balaban J connectivity index is -0.0000000332. The average Bonchev–Trinajstić information content (AvgIpc) is 1.32. The highest BCUT2D eigenvalue weighted by molar-refractivity contribution is 6.11. The smallest absolute Gasteiger partial charge is 0.0622 e. The van der Waals surface area contributed by atoms with Crippen molar-refractivity contribution in [3.8, 4) is 5.69 Å². The van der Waals surface area contributed by atoms with Crippen LogP contribution in [-0.2, 0) is 32.1 Å². The van der Waals surface area contributed by atoms with Gasteiger partial charge < -0.3 is 14.4 Å². The Morgan fingerprint density at radius 1 is 0.177 bits per heavy atom. The molecule has 0 unspecified atom stereocenters. The summed E-state index contributed by atoms with van der Waals surface area (Å²) >= 11 is 0. The van der Waals surface area contributed by atoms with Crippen molar-refractivity contribution >= 4 is 55.9 Å². The third kappa shape index (κ3) is 66.2. The van der Waals surface area contributed by atoms with Crippen molar-refractivity contribution in [2.45, 2.75) is 510 Å². The van der Waals surface area contributed by atoms with Crippen LogP contribution in [0.3, 0.4) is 0 Å². The molecule has 3 heteroatoms. The molecule has 15 rings (SSSR count). The molecule has 0 radical (unpaired) electrons. The van der Waals surface area contributed by atoms with Crippen molar-refractivity contribution in [1.82, 2.24) is 4.57 Å². The molecule has 9 aromatic carbocycles. The summed E-state index contributed by atoms with van der Waals surface area (Å²) in [6.07, 6.45) is 4.93. The highest BCUT2D eigenvalue weighted by Gasteiger charge is 2.32. The predicted molar refractivity (Wildman–Crippen MR) is 651 cm³/mol. The fraction of sp³-hybridized carbons (Fsp3) is 0.575. The van der Waals surface area contributed by atoms with Gasteiger partial charge in [0, 0.05) is 77.6 Å². The van der Waals surface area contributed by atoms with E-state index in [1.807, 2.05) is 374 Å². The molecule has 10 aromatic rings. The lowest BCUT2D eigenvalue weighted by Gasteiger charge is -2.38. The predicted octanol–water partition coefficient (Wildman–Crippen LogP) is 50.0. The number of nitrogens with zero attached hydrogens (tertiary/aromatic N) is 3. The lowest BCUT2D eigenvalue weighted by molar-refractivity contribution is 1.01. The van der Waals surface area contributed by atoms with Gasteiger partial charge in [0.1, 0.15) is 0 Å². The Labute approximate surface area is 836 Å². The molecule has 0 spiro atoms. The normalized spacial score (nSPS) is 7.62. The molecule has 6 heterocycles. The summed E-state index contributed by atoms with van der Waals surface area (Å²) in [5, 5.41) is 2.67. The van der Waals surface area contributed by atoms with Gasteiger partial charge in [0.25, 0.3) is 0 Å². The van der Waals surface area contributed by atoms with Crippen LogP contribution in [0.5, 0.6) is 0 Å². The van der Waals surface area contributed by atoms with Crippen molar-refractivity contribution in [2.24, 2.45) is 0 Å². The van der Waals surface area contributed by atoms with Crippen LogP contribution < -0.4 is 9.80 Å². The monoisotopic (exact) mass is 1820 g/mol. The highest BCUT2D eigenvalue weighted by Crippen LogP contribution is 2.51. The summed E-state index contributed by atoms with van der Waals surface area (Å²) in [5.74, 6) is 0. The average molecular weight is 1820 g/mol. The van der Waals surface area contributed by atoms with E-state index in [9.17, 15) is 0 Å². The van der Waals surface area contributed by atoms with E-state index in [-0.39, 0.29) is 104 Å². The topological polar surface area (TPSA) is 11.4 Å². The Kier molecular flexibility index (Phi) is 266. The first-order valence-corrected chi connectivity index (χ1v) is 48.5. The number of hydrogen-bond donors (Lipinski definition) is 0. The molecule has 0 bridgehead atoms. The molecule has 778 valence electrons. The van der Waals surface area contributed by atoms with Gasteiger partial charge in [0.05, 0.1) is 33.8 Å². The summed E-state index contributed by atoms with van der Waals surface area (Å²) in [6, 6.07) is 77.3. The molecule has 0 N–H and O–H groups in total. The SMILES string of the molecule is C.C.C.C.C.C.C.C.C.C.C.C.C.C.CC.CC.CC.CC.CC.CC.CC.CC.CC.CC.CC.CC.CC.CC.CC.CC.CC.CC.CC.CC.CC.CC.CC.CC.CC.CC.CC.c1cc2c(cc#1)-n1c3ccccc3c3cccc(c31)C2.c1cc2c(cc#1)N1c3ccccc3Cc3cccc(c31)C2.c1cc2c3c(c#1)Cc1ccccc1N3c1ccccc1C2. The number of anilines is 6. The van der Waals surface area contributed by atoms with E-state index in [1.54, 1.807) is 0 Å². The number of fused-ring (bicyclic) bond motifs is 13. The fourth-order valence-corrected chi connectivity index (χ4v) is 10.7. The zero-order valence-electron chi connectivity index (χ0n) is 88.0. The number of rotatable bonds is 0. The van der Waals surface area contributed by atoms with Gasteiger partial charge in [0.2, 0.25) is 0 Å². The van der Waals surface area contributed by atoms with Crippen LogP contribution >= 0.6 is 0 Å². The standard InChI is InChI=1S/2C20H13N.C19H11N.27C2H6.14CH4/c2*1-3-10-18-14(6-1)12-16-8-5-9-17-13-15-7-2-4-11-19(15)21(18)20(16)17;1-3-10-17-13(6-1)12-14-7-5-9-16-15-8-2-4-11-18(15)20(17)19(14)16;27*1-2;;;;;;;;;;;;;;/h1,3,5-11H,12-13H2;1-4,6-8,10-11H,12-13H2;2,4-11H,12H2;27*1-2H3;14*1H4. The largest absolute Gasteiger partial charge is 0.309 e. The number of para-hydroxylation sites is 6. The summed E-state index contributed by atoms with van der Waals surface area (Å²) < 4.78 is 2.38. The second-order valence-electron chi connectivity index (χ2n) is 16.8. The number of hydrogen-bond acceptors (Lipinski definition) is 2. The Bertz CT molecular complexity index is 3150. The minimum Gasteiger partial charge on any atom is -0.309 e. The van der Waals surface area contributed by atoms with E-state index < -0.39 is 0 Å². The third-order valence-electron chi connectivity index (χ3n) is 13.3. The molecule has 130 heavy (non-hydrogen) atoms. The lowest BCUT2D eigenvalue weighted by Crippen LogP contribution is -2.24. The van der Waals surface area contributed by atoms with Crippen molar-refractivity contribution in [3.05, 3.63) is 256 Å². The Morgan fingerprint density at radius 2 is 0.408 bits per heavy atom. The third-order valence-corrected chi connectivity index (χ3v) is 13.3. The molecule has 5 aliphatic rings. The second-order valence-corrected chi connectivity index (χ2v) is 16.8. The molecule has 5 aliphatic heterocycles. The first kappa shape index (κ1) is 206. The van der Waals surface area contributed by atoms with E-state index in [0.717, 1.165) is 32.1 Å². The van der Waals surface area contributed by atoms with Gasteiger partial charge in [0.15, 0.2) is 0 Å². The molecule has 1 aromatic heterocycles. The molecular weight excluding hydrogens is 1570 g/mol. The maximum absolute atomic E-state index is 3.33. The summed E-state index contributed by atoms with van der Waals surface area (Å²) in [6.45, 7) is 108. The molecule has 3 nitrogen and oxygen atoms in total. The maximum atomic E-state index is 3.33. The van der Waals surface area contributed by atoms with Gasteiger partial charge in [-0.1, -0.05) is 623 Å². The summed E-state index contributed by atoms with van der Waals surface area (Å²) in [5.41, 5.74) is 25.4. The quantitative estimate of drug-likeness (QED) is 0.150. The molecule has 0 atom stereocenters. The molecule has 0 aliphatic carbocycles. The van der Waals surface area contributed by atoms with Crippen LogP contribution in [0.1, 0.15) is 533 Å². The van der Waals surface area contributed by atoms with Gasteiger partial charge in [-0.2, -0.15) is 0 Å². The van der Waals surface area contributed by atoms with Gasteiger partial charge in [-0.05, 0) is 92.5 Å².